The number of anilines is 1. The molecule has 2 amide bonds. The Hall–Kier alpha value is -3.28. The lowest BCUT2D eigenvalue weighted by Gasteiger charge is -2.39. The summed E-state index contributed by atoms with van der Waals surface area (Å²) in [5.41, 5.74) is 11.1. The molecule has 6 nitrogen and oxygen atoms in total. The van der Waals surface area contributed by atoms with E-state index < -0.39 is 0 Å². The number of piperidine rings is 1. The molecular weight excluding hydrogens is 398 g/mol. The fourth-order valence-corrected chi connectivity index (χ4v) is 4.99. The predicted molar refractivity (Wildman–Crippen MR) is 131 cm³/mol. The third-order valence-electron chi connectivity index (χ3n) is 6.75. The number of likely N-dealkylation sites (tertiary alicyclic amines) is 1. The normalized spacial score (nSPS) is 20.7. The molecule has 0 aliphatic carbocycles. The molecule has 4 N–H and O–H groups in total. The molecule has 2 atom stereocenters. The third-order valence-corrected chi connectivity index (χ3v) is 6.75. The van der Waals surface area contributed by atoms with Gasteiger partial charge in [0.25, 0.3) is 0 Å². The van der Waals surface area contributed by atoms with Crippen LogP contribution in [0.1, 0.15) is 36.5 Å². The quantitative estimate of drug-likeness (QED) is 0.604. The molecule has 2 aromatic rings. The molecule has 0 saturated carbocycles. The fraction of sp³-hybridized carbons (Fsp3) is 0.385. The Balaban J connectivity index is 1.31. The van der Waals surface area contributed by atoms with Crippen molar-refractivity contribution in [3.8, 4) is 0 Å². The van der Waals surface area contributed by atoms with E-state index in [1.807, 2.05) is 35.2 Å². The van der Waals surface area contributed by atoms with Gasteiger partial charge in [0.2, 0.25) is 0 Å². The van der Waals surface area contributed by atoms with Crippen LogP contribution in [0.25, 0.3) is 5.57 Å². The molecule has 1 fully saturated rings. The number of hydrogen-bond acceptors (Lipinski definition) is 4. The summed E-state index contributed by atoms with van der Waals surface area (Å²) < 4.78 is 0. The molecule has 6 heteroatoms. The number of urea groups is 1. The van der Waals surface area contributed by atoms with Gasteiger partial charge in [-0.05, 0) is 60.9 Å². The summed E-state index contributed by atoms with van der Waals surface area (Å²) in [5.74, 6) is 0.579. The van der Waals surface area contributed by atoms with Gasteiger partial charge in [-0.25, -0.2) is 4.79 Å². The monoisotopic (exact) mass is 431 g/mol. The first-order chi connectivity index (χ1) is 15.6. The molecule has 2 aromatic carbocycles. The highest BCUT2D eigenvalue weighted by Gasteiger charge is 2.31. The van der Waals surface area contributed by atoms with E-state index in [0.717, 1.165) is 55.6 Å². The number of fused-ring (bicyclic) bond motifs is 1. The number of amides is 2. The van der Waals surface area contributed by atoms with Crippen LogP contribution in [-0.4, -0.2) is 42.8 Å². The zero-order chi connectivity index (χ0) is 22.5. The minimum atomic E-state index is 0.0359. The Kier molecular flexibility index (Phi) is 6.78. The van der Waals surface area contributed by atoms with Crippen LogP contribution in [0.3, 0.4) is 0 Å². The number of carbonyl (C=O) groups excluding carboxylic acids is 1. The third kappa shape index (κ3) is 4.79. The molecule has 2 aliphatic heterocycles. The summed E-state index contributed by atoms with van der Waals surface area (Å²) in [4.78, 5) is 17.2. The van der Waals surface area contributed by atoms with Crippen LogP contribution in [0.2, 0.25) is 0 Å². The van der Waals surface area contributed by atoms with Crippen LogP contribution < -0.4 is 16.0 Å². The van der Waals surface area contributed by atoms with E-state index in [4.69, 9.17) is 11.1 Å². The average Bonchev–Trinajstić information content (AvgIpc) is 3.21. The highest BCUT2D eigenvalue weighted by Crippen LogP contribution is 2.33. The Bertz CT molecular complexity index is 987. The summed E-state index contributed by atoms with van der Waals surface area (Å²) in [7, 11) is 0. The van der Waals surface area contributed by atoms with Crippen molar-refractivity contribution in [3.05, 3.63) is 71.4 Å². The van der Waals surface area contributed by atoms with E-state index >= 15 is 0 Å². The van der Waals surface area contributed by atoms with Crippen LogP contribution in [0.15, 0.2) is 54.7 Å². The van der Waals surface area contributed by atoms with Gasteiger partial charge in [0.1, 0.15) is 0 Å². The average molecular weight is 432 g/mol. The second-order valence-corrected chi connectivity index (χ2v) is 8.88. The first-order valence-electron chi connectivity index (χ1n) is 11.5. The summed E-state index contributed by atoms with van der Waals surface area (Å²) in [6.45, 7) is 5.59. The van der Waals surface area contributed by atoms with E-state index in [0.29, 0.717) is 12.5 Å². The van der Waals surface area contributed by atoms with Gasteiger partial charge >= 0.3 is 6.03 Å². The van der Waals surface area contributed by atoms with Crippen molar-refractivity contribution in [2.24, 2.45) is 11.7 Å². The predicted octanol–water partition coefficient (Wildman–Crippen LogP) is 4.01. The summed E-state index contributed by atoms with van der Waals surface area (Å²) in [5, 5.41) is 10.6. The number of benzene rings is 2. The maximum atomic E-state index is 12.7. The molecule has 4 rings (SSSR count). The van der Waals surface area contributed by atoms with Crippen molar-refractivity contribution >= 4 is 23.5 Å². The lowest BCUT2D eigenvalue weighted by molar-refractivity contribution is 0.136. The number of nitrogens with two attached hydrogens (primary N) is 1. The van der Waals surface area contributed by atoms with Crippen LogP contribution >= 0.6 is 0 Å². The smallest absolute Gasteiger partial charge is 0.317 e. The second kappa shape index (κ2) is 9.90. The van der Waals surface area contributed by atoms with Gasteiger partial charge in [-0.2, -0.15) is 0 Å². The first-order valence-corrected chi connectivity index (χ1v) is 11.5. The molecule has 0 radical (unpaired) electrons. The molecule has 0 bridgehead atoms. The molecule has 2 unspecified atom stereocenters. The number of nitrogens with one attached hydrogen (secondary N) is 2. The van der Waals surface area contributed by atoms with Crippen LogP contribution in [0.5, 0.6) is 0 Å². The zero-order valence-corrected chi connectivity index (χ0v) is 18.8. The van der Waals surface area contributed by atoms with Crippen molar-refractivity contribution < 1.29 is 4.79 Å². The number of nitrogens with zero attached hydrogens (tertiary/aromatic N) is 2. The van der Waals surface area contributed by atoms with Crippen molar-refractivity contribution in [2.45, 2.75) is 38.8 Å². The van der Waals surface area contributed by atoms with Crippen molar-refractivity contribution in [3.63, 3.8) is 0 Å². The Morgan fingerprint density at radius 1 is 1.22 bits per heavy atom. The first kappa shape index (κ1) is 21.9. The molecule has 2 heterocycles. The van der Waals surface area contributed by atoms with Gasteiger partial charge < -0.3 is 26.3 Å². The second-order valence-electron chi connectivity index (χ2n) is 8.88. The van der Waals surface area contributed by atoms with E-state index in [9.17, 15) is 4.79 Å². The molecule has 2 aliphatic rings. The number of rotatable bonds is 6. The highest BCUT2D eigenvalue weighted by molar-refractivity contribution is 6.08. The van der Waals surface area contributed by atoms with E-state index in [-0.39, 0.29) is 12.1 Å². The Labute approximate surface area is 190 Å². The van der Waals surface area contributed by atoms with Crippen LogP contribution in [0.4, 0.5) is 10.5 Å². The summed E-state index contributed by atoms with van der Waals surface area (Å²) in [6, 6.07) is 16.7. The molecule has 1 saturated heterocycles. The maximum Gasteiger partial charge on any atom is 0.317 e. The van der Waals surface area contributed by atoms with Crippen LogP contribution in [-0.2, 0) is 13.0 Å². The molecule has 0 spiro atoms. The van der Waals surface area contributed by atoms with Crippen LogP contribution in [0, 0.1) is 11.3 Å². The fourth-order valence-electron chi connectivity index (χ4n) is 4.99. The zero-order valence-electron chi connectivity index (χ0n) is 18.8. The summed E-state index contributed by atoms with van der Waals surface area (Å²) in [6.07, 6.45) is 5.87. The van der Waals surface area contributed by atoms with Gasteiger partial charge in [-0.1, -0.05) is 36.4 Å². The number of hydrogen-bond donors (Lipinski definition) is 3. The largest absolute Gasteiger partial charge is 0.404 e. The Morgan fingerprint density at radius 3 is 2.75 bits per heavy atom. The minimum Gasteiger partial charge on any atom is -0.404 e. The summed E-state index contributed by atoms with van der Waals surface area (Å²) >= 11 is 0. The van der Waals surface area contributed by atoms with E-state index in [1.165, 1.54) is 23.7 Å². The van der Waals surface area contributed by atoms with Crippen molar-refractivity contribution in [1.29, 1.82) is 5.41 Å². The van der Waals surface area contributed by atoms with Gasteiger partial charge in [-0.15, -0.1) is 0 Å². The molecular formula is C26H33N5O. The van der Waals surface area contributed by atoms with Gasteiger partial charge in [0.15, 0.2) is 0 Å². The standard InChI is InChI=1S/C26H33N5O/c1-19-13-21(9-12-31(19)26(32)29-17-20-5-3-2-4-6-20)18-30-11-10-23-14-22(7-8-25(23)30)24(15-27)16-28/h2-8,14-16,19,21,27H,9-13,17-18,28H2,1H3,(H,29,32)/b24-16+,27-15?. The molecule has 0 aromatic heterocycles. The maximum absolute atomic E-state index is 12.7. The van der Waals surface area contributed by atoms with E-state index in [1.54, 1.807) is 0 Å². The van der Waals surface area contributed by atoms with Gasteiger partial charge in [-0.3, -0.25) is 0 Å². The molecule has 168 valence electrons. The van der Waals surface area contributed by atoms with E-state index in [2.05, 4.69) is 35.3 Å². The lowest BCUT2D eigenvalue weighted by Crippen LogP contribution is -2.50. The van der Waals surface area contributed by atoms with Gasteiger partial charge in [0, 0.05) is 55.9 Å². The SMILES string of the molecule is CC1CC(CN2CCc3cc(/C(C=N)=C/N)ccc32)CCN1C(=O)NCc1ccccc1. The van der Waals surface area contributed by atoms with Gasteiger partial charge in [0.05, 0.1) is 0 Å². The molecule has 32 heavy (non-hydrogen) atoms. The van der Waals surface area contributed by atoms with Crippen molar-refractivity contribution in [2.75, 3.05) is 24.5 Å². The topological polar surface area (TPSA) is 85.5 Å². The number of allylic oxidation sites excluding steroid dienone is 1. The number of carbonyl (C=O) groups is 1. The van der Waals surface area contributed by atoms with Crippen molar-refractivity contribution in [1.82, 2.24) is 10.2 Å². The highest BCUT2D eigenvalue weighted by atomic mass is 16.2. The Morgan fingerprint density at radius 2 is 2.03 bits per heavy atom. The minimum absolute atomic E-state index is 0.0359. The lowest BCUT2D eigenvalue weighted by atomic mass is 9.91.